The monoisotopic (exact) mass is 263 g/mol. The van der Waals surface area contributed by atoms with Gasteiger partial charge in [0.1, 0.15) is 0 Å². The maximum Gasteiger partial charge on any atom is 1.00 e. The summed E-state index contributed by atoms with van der Waals surface area (Å²) >= 11 is -2.23. The molecule has 88 valence electrons. The zero-order chi connectivity index (χ0) is 12.3. The molecular weight excluding hydrogens is 249 g/mol. The van der Waals surface area contributed by atoms with E-state index in [1.807, 2.05) is 20.8 Å². The van der Waals surface area contributed by atoms with Crippen LogP contribution in [-0.2, 0) is 15.9 Å². The quantitative estimate of drug-likeness (QED) is 0.545. The van der Waals surface area contributed by atoms with Crippen molar-refractivity contribution in [1.82, 2.24) is 0 Å². The number of hydrogen-bond donors (Lipinski definition) is 1. The molecule has 1 amide bonds. The Bertz CT molecular complexity index is 412. The van der Waals surface area contributed by atoms with Crippen molar-refractivity contribution < 1.29 is 43.1 Å². The van der Waals surface area contributed by atoms with Gasteiger partial charge in [-0.3, -0.25) is 9.00 Å². The van der Waals surface area contributed by atoms with E-state index in [2.05, 4.69) is 5.32 Å². The van der Waals surface area contributed by atoms with Gasteiger partial charge in [-0.15, -0.1) is 0 Å². The molecule has 0 saturated carbocycles. The van der Waals surface area contributed by atoms with Crippen molar-refractivity contribution in [1.29, 1.82) is 0 Å². The SMILES string of the molecule is CC(C)(C)C(=O)Nc1ccc(S(=O)[O-])cc1.[Na+]. The molecule has 0 heterocycles. The number of rotatable bonds is 2. The largest absolute Gasteiger partial charge is 1.00 e. The minimum absolute atomic E-state index is 0. The van der Waals surface area contributed by atoms with Gasteiger partial charge in [0.2, 0.25) is 5.91 Å². The molecule has 1 rings (SSSR count). The molecule has 0 aliphatic heterocycles. The third-order valence-electron chi connectivity index (χ3n) is 1.99. The summed E-state index contributed by atoms with van der Waals surface area (Å²) in [4.78, 5) is 11.8. The fourth-order valence-corrected chi connectivity index (χ4v) is 1.33. The van der Waals surface area contributed by atoms with Gasteiger partial charge in [0.05, 0.1) is 0 Å². The molecular formula is C11H14NNaO3S. The molecule has 0 fully saturated rings. The van der Waals surface area contributed by atoms with Crippen molar-refractivity contribution in [2.75, 3.05) is 5.32 Å². The van der Waals surface area contributed by atoms with Crippen LogP contribution in [0, 0.1) is 5.41 Å². The summed E-state index contributed by atoms with van der Waals surface area (Å²) < 4.78 is 21.2. The molecule has 1 atom stereocenters. The second-order valence-corrected chi connectivity index (χ2v) is 5.40. The first kappa shape index (κ1) is 16.8. The standard InChI is InChI=1S/C11H15NO3S.Na/c1-11(2,3)10(13)12-8-4-6-9(7-5-8)16(14)15;/h4-7H,1-3H3,(H,12,13)(H,14,15);/q;+1/p-1. The van der Waals surface area contributed by atoms with E-state index < -0.39 is 16.5 Å². The van der Waals surface area contributed by atoms with Crippen LogP contribution in [0.15, 0.2) is 29.2 Å². The summed E-state index contributed by atoms with van der Waals surface area (Å²) in [5.41, 5.74) is 0.120. The molecule has 0 spiro atoms. The zero-order valence-electron chi connectivity index (χ0n) is 10.4. The number of carbonyl (C=O) groups is 1. The maximum absolute atomic E-state index is 11.6. The van der Waals surface area contributed by atoms with Gasteiger partial charge >= 0.3 is 29.6 Å². The van der Waals surface area contributed by atoms with Crippen LogP contribution in [0.1, 0.15) is 20.8 Å². The van der Waals surface area contributed by atoms with Crippen molar-refractivity contribution in [3.63, 3.8) is 0 Å². The van der Waals surface area contributed by atoms with Crippen LogP contribution in [-0.4, -0.2) is 14.7 Å². The van der Waals surface area contributed by atoms with E-state index in [1.54, 1.807) is 12.1 Å². The van der Waals surface area contributed by atoms with Crippen LogP contribution in [0.3, 0.4) is 0 Å². The maximum atomic E-state index is 11.6. The van der Waals surface area contributed by atoms with Gasteiger partial charge < -0.3 is 9.87 Å². The summed E-state index contributed by atoms with van der Waals surface area (Å²) in [6, 6.07) is 6.02. The van der Waals surface area contributed by atoms with Crippen molar-refractivity contribution in [3.8, 4) is 0 Å². The third-order valence-corrected chi connectivity index (χ3v) is 2.64. The summed E-state index contributed by atoms with van der Waals surface area (Å²) in [6.45, 7) is 5.43. The van der Waals surface area contributed by atoms with E-state index in [-0.39, 0.29) is 40.4 Å². The Morgan fingerprint density at radius 3 is 2.06 bits per heavy atom. The van der Waals surface area contributed by atoms with Crippen LogP contribution in [0.2, 0.25) is 0 Å². The normalized spacial score (nSPS) is 12.5. The minimum Gasteiger partial charge on any atom is -0.768 e. The summed E-state index contributed by atoms with van der Waals surface area (Å²) in [5, 5.41) is 2.71. The fraction of sp³-hybridized carbons (Fsp3) is 0.364. The van der Waals surface area contributed by atoms with Gasteiger partial charge in [0, 0.05) is 16.0 Å². The Morgan fingerprint density at radius 1 is 1.24 bits per heavy atom. The molecule has 6 heteroatoms. The van der Waals surface area contributed by atoms with E-state index in [0.717, 1.165) is 0 Å². The average Bonchev–Trinajstić information content (AvgIpc) is 2.17. The third kappa shape index (κ3) is 5.31. The van der Waals surface area contributed by atoms with Gasteiger partial charge in [-0.2, -0.15) is 0 Å². The summed E-state index contributed by atoms with van der Waals surface area (Å²) in [5.74, 6) is -0.108. The van der Waals surface area contributed by atoms with E-state index >= 15 is 0 Å². The molecule has 0 bridgehead atoms. The van der Waals surface area contributed by atoms with Gasteiger partial charge in [-0.05, 0) is 35.3 Å². The number of anilines is 1. The number of amides is 1. The summed E-state index contributed by atoms with van der Waals surface area (Å²) in [6.07, 6.45) is 0. The molecule has 4 nitrogen and oxygen atoms in total. The topological polar surface area (TPSA) is 69.2 Å². The second kappa shape index (κ2) is 6.66. The molecule has 1 aromatic rings. The molecule has 0 aliphatic rings. The van der Waals surface area contributed by atoms with Crippen LogP contribution in [0.4, 0.5) is 5.69 Å². The van der Waals surface area contributed by atoms with Gasteiger partial charge in [0.25, 0.3) is 0 Å². The van der Waals surface area contributed by atoms with Crippen molar-refractivity contribution in [2.45, 2.75) is 25.7 Å². The molecule has 0 aliphatic carbocycles. The van der Waals surface area contributed by atoms with Gasteiger partial charge in [0.15, 0.2) is 0 Å². The van der Waals surface area contributed by atoms with Crippen LogP contribution >= 0.6 is 0 Å². The molecule has 0 aromatic heterocycles. The number of nitrogens with one attached hydrogen (secondary N) is 1. The first-order valence-corrected chi connectivity index (χ1v) is 5.89. The van der Waals surface area contributed by atoms with E-state index in [1.165, 1.54) is 12.1 Å². The van der Waals surface area contributed by atoms with E-state index in [4.69, 9.17) is 0 Å². The van der Waals surface area contributed by atoms with Crippen LogP contribution < -0.4 is 34.9 Å². The van der Waals surface area contributed by atoms with Gasteiger partial charge in [-0.1, -0.05) is 20.8 Å². The molecule has 1 aromatic carbocycles. The number of benzene rings is 1. The van der Waals surface area contributed by atoms with E-state index in [0.29, 0.717) is 5.69 Å². The Hall–Kier alpha value is -0.200. The van der Waals surface area contributed by atoms with Gasteiger partial charge in [-0.25, -0.2) is 0 Å². The molecule has 0 radical (unpaired) electrons. The predicted octanol–water partition coefficient (Wildman–Crippen LogP) is -1.09. The van der Waals surface area contributed by atoms with Crippen molar-refractivity contribution in [3.05, 3.63) is 24.3 Å². The smallest absolute Gasteiger partial charge is 0.768 e. The Morgan fingerprint density at radius 2 is 1.71 bits per heavy atom. The number of hydrogen-bond acceptors (Lipinski definition) is 3. The van der Waals surface area contributed by atoms with Crippen LogP contribution in [0.25, 0.3) is 0 Å². The van der Waals surface area contributed by atoms with E-state index in [9.17, 15) is 13.6 Å². The van der Waals surface area contributed by atoms with Crippen molar-refractivity contribution >= 4 is 22.7 Å². The first-order chi connectivity index (χ1) is 7.30. The minimum atomic E-state index is -2.23. The first-order valence-electron chi connectivity index (χ1n) is 4.81. The fourth-order valence-electron chi connectivity index (χ4n) is 0.968. The molecule has 0 saturated heterocycles. The second-order valence-electron chi connectivity index (χ2n) is 4.46. The molecule has 17 heavy (non-hydrogen) atoms. The Labute approximate surface area is 126 Å². The predicted molar refractivity (Wildman–Crippen MR) is 61.7 cm³/mol. The zero-order valence-corrected chi connectivity index (χ0v) is 13.3. The molecule has 1 unspecified atom stereocenters. The number of carbonyl (C=O) groups excluding carboxylic acids is 1. The van der Waals surface area contributed by atoms with Crippen molar-refractivity contribution in [2.24, 2.45) is 5.41 Å². The Kier molecular flexibility index (Phi) is 6.58. The average molecular weight is 263 g/mol. The Balaban J connectivity index is 0.00000256. The summed E-state index contributed by atoms with van der Waals surface area (Å²) in [7, 11) is 0. The van der Waals surface area contributed by atoms with Crippen LogP contribution in [0.5, 0.6) is 0 Å². The molecule has 1 N–H and O–H groups in total.